The standard InChI is InChI=1S/C10H16F3NO3/c1-9(2,3)14(5-4-8(16)17)7(15)6-10(11,12)13/h4-6H2,1-3H3,(H,16,17). The fourth-order valence-electron chi connectivity index (χ4n) is 1.31. The van der Waals surface area contributed by atoms with Crippen LogP contribution >= 0.6 is 0 Å². The molecular weight excluding hydrogens is 239 g/mol. The molecule has 0 unspecified atom stereocenters. The van der Waals surface area contributed by atoms with Gasteiger partial charge in [0, 0.05) is 12.1 Å². The highest BCUT2D eigenvalue weighted by molar-refractivity contribution is 5.78. The molecule has 0 aromatic rings. The molecule has 7 heteroatoms. The van der Waals surface area contributed by atoms with Gasteiger partial charge in [0.25, 0.3) is 0 Å². The van der Waals surface area contributed by atoms with Crippen LogP contribution in [0.15, 0.2) is 0 Å². The third-order valence-electron chi connectivity index (χ3n) is 2.01. The first-order valence-corrected chi connectivity index (χ1v) is 5.02. The van der Waals surface area contributed by atoms with E-state index >= 15 is 0 Å². The Kier molecular flexibility index (Phi) is 4.97. The van der Waals surface area contributed by atoms with E-state index in [0.29, 0.717) is 0 Å². The molecule has 0 rings (SSSR count). The molecule has 0 fully saturated rings. The fraction of sp³-hybridized carbons (Fsp3) is 0.800. The molecule has 0 bridgehead atoms. The Balaban J connectivity index is 4.70. The summed E-state index contributed by atoms with van der Waals surface area (Å²) >= 11 is 0. The van der Waals surface area contributed by atoms with Gasteiger partial charge in [0.2, 0.25) is 5.91 Å². The maximum Gasteiger partial charge on any atom is 0.397 e. The minimum absolute atomic E-state index is 0.228. The highest BCUT2D eigenvalue weighted by Gasteiger charge is 2.36. The van der Waals surface area contributed by atoms with Crippen LogP contribution in [0.5, 0.6) is 0 Å². The Bertz CT molecular complexity index is 294. The van der Waals surface area contributed by atoms with Gasteiger partial charge in [-0.3, -0.25) is 9.59 Å². The lowest BCUT2D eigenvalue weighted by atomic mass is 10.0. The second kappa shape index (κ2) is 5.37. The summed E-state index contributed by atoms with van der Waals surface area (Å²) in [5, 5.41) is 8.48. The number of carboxylic acid groups (broad SMARTS) is 1. The Morgan fingerprint density at radius 1 is 1.18 bits per heavy atom. The van der Waals surface area contributed by atoms with Crippen LogP contribution in [-0.4, -0.2) is 40.1 Å². The molecule has 0 aromatic heterocycles. The van der Waals surface area contributed by atoms with Gasteiger partial charge in [-0.15, -0.1) is 0 Å². The largest absolute Gasteiger partial charge is 0.481 e. The van der Waals surface area contributed by atoms with Gasteiger partial charge < -0.3 is 10.0 Å². The van der Waals surface area contributed by atoms with E-state index in [2.05, 4.69) is 0 Å². The third kappa shape index (κ3) is 6.80. The van der Waals surface area contributed by atoms with Crippen LogP contribution in [-0.2, 0) is 9.59 Å². The second-order valence-corrected chi connectivity index (χ2v) is 4.65. The average molecular weight is 255 g/mol. The lowest BCUT2D eigenvalue weighted by Gasteiger charge is -2.35. The Morgan fingerprint density at radius 2 is 1.65 bits per heavy atom. The summed E-state index contributed by atoms with van der Waals surface area (Å²) < 4.78 is 36.3. The predicted octanol–water partition coefficient (Wildman–Crippen LogP) is 2.04. The number of rotatable bonds is 4. The summed E-state index contributed by atoms with van der Waals surface area (Å²) in [4.78, 5) is 22.7. The van der Waals surface area contributed by atoms with Crippen molar-refractivity contribution in [2.45, 2.75) is 45.3 Å². The minimum atomic E-state index is -4.58. The number of alkyl halides is 3. The molecule has 0 aliphatic heterocycles. The Hall–Kier alpha value is -1.27. The number of nitrogens with zero attached hydrogens (tertiary/aromatic N) is 1. The number of carboxylic acids is 1. The summed E-state index contributed by atoms with van der Waals surface area (Å²) in [5.74, 6) is -2.26. The van der Waals surface area contributed by atoms with E-state index in [4.69, 9.17) is 5.11 Å². The molecule has 0 heterocycles. The van der Waals surface area contributed by atoms with E-state index in [0.717, 1.165) is 4.90 Å². The van der Waals surface area contributed by atoms with Gasteiger partial charge in [-0.05, 0) is 20.8 Å². The number of hydrogen-bond donors (Lipinski definition) is 1. The Labute approximate surface area is 97.4 Å². The molecular formula is C10H16F3NO3. The van der Waals surface area contributed by atoms with Crippen molar-refractivity contribution < 1.29 is 27.9 Å². The lowest BCUT2D eigenvalue weighted by molar-refractivity contribution is -0.165. The van der Waals surface area contributed by atoms with Gasteiger partial charge in [-0.1, -0.05) is 0 Å². The monoisotopic (exact) mass is 255 g/mol. The van der Waals surface area contributed by atoms with E-state index < -0.39 is 30.0 Å². The second-order valence-electron chi connectivity index (χ2n) is 4.65. The zero-order valence-electron chi connectivity index (χ0n) is 9.97. The topological polar surface area (TPSA) is 57.6 Å². The maximum absolute atomic E-state index is 12.1. The molecule has 0 radical (unpaired) electrons. The van der Waals surface area contributed by atoms with Crippen LogP contribution in [0, 0.1) is 0 Å². The van der Waals surface area contributed by atoms with Crippen molar-refractivity contribution in [3.8, 4) is 0 Å². The Morgan fingerprint density at radius 3 is 1.94 bits per heavy atom. The third-order valence-corrected chi connectivity index (χ3v) is 2.01. The average Bonchev–Trinajstić information content (AvgIpc) is 1.96. The zero-order valence-corrected chi connectivity index (χ0v) is 9.97. The molecule has 1 N–H and O–H groups in total. The number of amides is 1. The fourth-order valence-corrected chi connectivity index (χ4v) is 1.31. The molecule has 100 valence electrons. The number of hydrogen-bond acceptors (Lipinski definition) is 2. The van der Waals surface area contributed by atoms with E-state index in [-0.39, 0.29) is 13.0 Å². The van der Waals surface area contributed by atoms with Crippen LogP contribution in [0.3, 0.4) is 0 Å². The number of aliphatic carboxylic acids is 1. The number of halogens is 3. The molecule has 0 saturated heterocycles. The highest BCUT2D eigenvalue weighted by atomic mass is 19.4. The molecule has 0 spiro atoms. The van der Waals surface area contributed by atoms with E-state index in [1.165, 1.54) is 0 Å². The van der Waals surface area contributed by atoms with Crippen LogP contribution in [0.1, 0.15) is 33.6 Å². The SMILES string of the molecule is CC(C)(C)N(CCC(=O)O)C(=O)CC(F)(F)F. The number of carbonyl (C=O) groups is 2. The van der Waals surface area contributed by atoms with Gasteiger partial charge in [-0.2, -0.15) is 13.2 Å². The van der Waals surface area contributed by atoms with Gasteiger partial charge in [0.15, 0.2) is 0 Å². The molecule has 0 aromatic carbocycles. The normalized spacial score (nSPS) is 12.4. The van der Waals surface area contributed by atoms with Crippen molar-refractivity contribution in [2.75, 3.05) is 6.54 Å². The summed E-state index contributed by atoms with van der Waals surface area (Å²) in [5.41, 5.74) is -0.836. The van der Waals surface area contributed by atoms with Crippen LogP contribution in [0.2, 0.25) is 0 Å². The van der Waals surface area contributed by atoms with Gasteiger partial charge in [0.05, 0.1) is 6.42 Å². The maximum atomic E-state index is 12.1. The van der Waals surface area contributed by atoms with Gasteiger partial charge in [-0.25, -0.2) is 0 Å². The molecule has 0 aliphatic carbocycles. The lowest BCUT2D eigenvalue weighted by Crippen LogP contribution is -2.47. The van der Waals surface area contributed by atoms with Crippen molar-refractivity contribution in [3.63, 3.8) is 0 Å². The van der Waals surface area contributed by atoms with Crippen LogP contribution < -0.4 is 0 Å². The summed E-state index contributed by atoms with van der Waals surface area (Å²) in [6.07, 6.45) is -6.52. The predicted molar refractivity (Wildman–Crippen MR) is 54.4 cm³/mol. The zero-order chi connectivity index (χ0) is 13.9. The first-order valence-electron chi connectivity index (χ1n) is 5.02. The van der Waals surface area contributed by atoms with Gasteiger partial charge >= 0.3 is 12.1 Å². The van der Waals surface area contributed by atoms with E-state index in [9.17, 15) is 22.8 Å². The van der Waals surface area contributed by atoms with Crippen molar-refractivity contribution in [2.24, 2.45) is 0 Å². The van der Waals surface area contributed by atoms with Crippen molar-refractivity contribution in [3.05, 3.63) is 0 Å². The number of carbonyl (C=O) groups excluding carboxylic acids is 1. The van der Waals surface area contributed by atoms with Crippen molar-refractivity contribution >= 4 is 11.9 Å². The molecule has 1 amide bonds. The molecule has 0 saturated carbocycles. The highest BCUT2D eigenvalue weighted by Crippen LogP contribution is 2.24. The van der Waals surface area contributed by atoms with Gasteiger partial charge in [0.1, 0.15) is 6.42 Å². The quantitative estimate of drug-likeness (QED) is 0.836. The minimum Gasteiger partial charge on any atom is -0.481 e. The van der Waals surface area contributed by atoms with Crippen molar-refractivity contribution in [1.29, 1.82) is 0 Å². The smallest absolute Gasteiger partial charge is 0.397 e. The molecule has 4 nitrogen and oxygen atoms in total. The molecule has 0 aliphatic rings. The molecule has 0 atom stereocenters. The van der Waals surface area contributed by atoms with E-state index in [1.54, 1.807) is 20.8 Å². The first kappa shape index (κ1) is 15.7. The summed E-state index contributed by atoms with van der Waals surface area (Å²) in [6, 6.07) is 0. The van der Waals surface area contributed by atoms with Crippen LogP contribution in [0.4, 0.5) is 13.2 Å². The van der Waals surface area contributed by atoms with Crippen LogP contribution in [0.25, 0.3) is 0 Å². The summed E-state index contributed by atoms with van der Waals surface area (Å²) in [7, 11) is 0. The molecule has 17 heavy (non-hydrogen) atoms. The first-order chi connectivity index (χ1) is 7.43. The summed E-state index contributed by atoms with van der Waals surface area (Å²) in [6.45, 7) is 4.45. The van der Waals surface area contributed by atoms with E-state index in [1.807, 2.05) is 0 Å². The van der Waals surface area contributed by atoms with Crippen molar-refractivity contribution in [1.82, 2.24) is 4.90 Å².